The molecule has 2 fully saturated rings. The molecule has 2 aromatic carbocycles. The van der Waals surface area contributed by atoms with Gasteiger partial charge in [-0.15, -0.1) is 11.3 Å². The Balaban J connectivity index is 1.22. The number of nitrogens with zero attached hydrogens (tertiary/aromatic N) is 3. The van der Waals surface area contributed by atoms with Crippen LogP contribution >= 0.6 is 11.3 Å². The van der Waals surface area contributed by atoms with Crippen molar-refractivity contribution < 1.29 is 29.0 Å². The topological polar surface area (TPSA) is 155 Å². The number of thiazole rings is 1. The molecule has 2 amide bonds. The summed E-state index contributed by atoms with van der Waals surface area (Å²) in [6, 6.07) is 15.7. The molecule has 2 aromatic heterocycles. The van der Waals surface area contributed by atoms with Gasteiger partial charge in [-0.2, -0.15) is 0 Å². The third-order valence-electron chi connectivity index (χ3n) is 10.2. The number of methoxy groups -OCH3 is 1. The quantitative estimate of drug-likeness (QED) is 0.140. The fourth-order valence-corrected chi connectivity index (χ4v) is 8.15. The lowest BCUT2D eigenvalue weighted by molar-refractivity contribution is -0.145. The molecule has 278 valence electrons. The standard InChI is InChI=1S/C40H46N6O6S/c1-24(2)41-39-44-33(23-53-39)32-20-35(29-17-16-27(51-3)18-31(29)43-32)52-28-19-34-36(47)45-40(38(49)50)21-25(40)12-8-5-4-6-11-15-30(37(48)46(34)22-28)42-26-13-9-7-10-14-26/h7-10,12-14,16-18,20,23-25,28,30,34,42H,4-6,11,15,19,21-22H2,1-3H3,(H,41,44)(H,45,47)(H,49,50)/b12-8-/t25-,28+,30-,34-,40+/m0/s1. The van der Waals surface area contributed by atoms with Crippen LogP contribution in [-0.2, 0) is 14.4 Å². The number of allylic oxidation sites excluding steroid dienone is 1. The molecule has 5 atom stereocenters. The number of hydrogen-bond donors (Lipinski definition) is 4. The van der Waals surface area contributed by atoms with Crippen LogP contribution in [0.4, 0.5) is 10.8 Å². The molecule has 2 aliphatic heterocycles. The molecule has 4 heterocycles. The van der Waals surface area contributed by atoms with Crippen LogP contribution in [0.2, 0.25) is 0 Å². The molecule has 3 aliphatic rings. The van der Waals surface area contributed by atoms with Gasteiger partial charge in [-0.05, 0) is 63.8 Å². The van der Waals surface area contributed by atoms with Crippen molar-refractivity contribution in [2.24, 2.45) is 5.92 Å². The number of nitrogens with one attached hydrogen (secondary N) is 3. The Labute approximate surface area is 313 Å². The number of ether oxygens (including phenoxy) is 2. The summed E-state index contributed by atoms with van der Waals surface area (Å²) in [6.07, 6.45) is 7.91. The van der Waals surface area contributed by atoms with Crippen LogP contribution in [0.1, 0.15) is 58.8 Å². The summed E-state index contributed by atoms with van der Waals surface area (Å²) in [7, 11) is 1.60. The van der Waals surface area contributed by atoms with Gasteiger partial charge < -0.3 is 35.4 Å². The fourth-order valence-electron chi connectivity index (χ4n) is 7.30. The second-order valence-electron chi connectivity index (χ2n) is 14.4. The summed E-state index contributed by atoms with van der Waals surface area (Å²) < 4.78 is 12.3. The monoisotopic (exact) mass is 738 g/mol. The Morgan fingerprint density at radius 3 is 2.68 bits per heavy atom. The number of carboxylic acid groups (broad SMARTS) is 1. The third-order valence-corrected chi connectivity index (χ3v) is 11.0. The van der Waals surface area contributed by atoms with Crippen LogP contribution in [0.25, 0.3) is 22.3 Å². The van der Waals surface area contributed by atoms with Crippen LogP contribution in [0.5, 0.6) is 11.5 Å². The zero-order valence-corrected chi connectivity index (χ0v) is 31.0. The van der Waals surface area contributed by atoms with Gasteiger partial charge in [0, 0.05) is 47.0 Å². The second kappa shape index (κ2) is 15.4. The maximum atomic E-state index is 14.6. The van der Waals surface area contributed by atoms with E-state index in [4.69, 9.17) is 19.4 Å². The SMILES string of the molecule is COc1ccc2c(O[C@@H]3C[C@H]4C(=O)N[C@]5(C(=O)O)C[C@@H]5/C=C\CCCCC[C@H](Nc5ccccc5)C(=O)N4C3)cc(-c3csc(NC(C)C)n3)nc2c1. The van der Waals surface area contributed by atoms with Crippen LogP contribution in [0, 0.1) is 5.92 Å². The Bertz CT molecular complexity index is 2000. The third kappa shape index (κ3) is 7.95. The number of aromatic nitrogens is 2. The molecule has 1 saturated carbocycles. The number of anilines is 2. The summed E-state index contributed by atoms with van der Waals surface area (Å²) in [5.74, 6) is -0.916. The number of fused-ring (bicyclic) bond motifs is 3. The van der Waals surface area contributed by atoms with Crippen LogP contribution in [0.15, 0.2) is 72.1 Å². The van der Waals surface area contributed by atoms with Crippen molar-refractivity contribution in [2.45, 2.75) is 88.6 Å². The van der Waals surface area contributed by atoms with Crippen molar-refractivity contribution in [3.05, 3.63) is 72.1 Å². The first-order valence-corrected chi connectivity index (χ1v) is 19.2. The van der Waals surface area contributed by atoms with Crippen LogP contribution < -0.4 is 25.4 Å². The van der Waals surface area contributed by atoms with Crippen molar-refractivity contribution >= 4 is 50.8 Å². The summed E-state index contributed by atoms with van der Waals surface area (Å²) in [5.41, 5.74) is 1.36. The minimum absolute atomic E-state index is 0.141. The molecule has 1 saturated heterocycles. The molecule has 0 unspecified atom stereocenters. The second-order valence-corrected chi connectivity index (χ2v) is 15.3. The molecular weight excluding hydrogens is 693 g/mol. The van der Waals surface area contributed by atoms with E-state index in [2.05, 4.69) is 29.8 Å². The molecule has 4 N–H and O–H groups in total. The van der Waals surface area contributed by atoms with E-state index < -0.39 is 35.6 Å². The first-order chi connectivity index (χ1) is 25.6. The van der Waals surface area contributed by atoms with Gasteiger partial charge in [0.05, 0.1) is 24.9 Å². The lowest BCUT2D eigenvalue weighted by Crippen LogP contribution is -2.55. The van der Waals surface area contributed by atoms with E-state index in [9.17, 15) is 19.5 Å². The maximum Gasteiger partial charge on any atom is 0.330 e. The van der Waals surface area contributed by atoms with E-state index in [0.29, 0.717) is 41.2 Å². The highest BCUT2D eigenvalue weighted by molar-refractivity contribution is 7.14. The summed E-state index contributed by atoms with van der Waals surface area (Å²) in [4.78, 5) is 52.6. The minimum atomic E-state index is -1.39. The average molecular weight is 739 g/mol. The maximum absolute atomic E-state index is 14.6. The van der Waals surface area contributed by atoms with Gasteiger partial charge in [0.1, 0.15) is 40.9 Å². The predicted molar refractivity (Wildman–Crippen MR) is 205 cm³/mol. The lowest BCUT2D eigenvalue weighted by Gasteiger charge is -2.30. The van der Waals surface area contributed by atoms with Gasteiger partial charge in [-0.3, -0.25) is 9.59 Å². The molecule has 1 aliphatic carbocycles. The van der Waals surface area contributed by atoms with Crippen LogP contribution in [-0.4, -0.2) is 81.2 Å². The summed E-state index contributed by atoms with van der Waals surface area (Å²) in [5, 5.41) is 23.4. The first kappa shape index (κ1) is 36.2. The van der Waals surface area contributed by atoms with Crippen molar-refractivity contribution in [1.82, 2.24) is 20.2 Å². The van der Waals surface area contributed by atoms with Crippen LogP contribution in [0.3, 0.4) is 0 Å². The van der Waals surface area contributed by atoms with Gasteiger partial charge >= 0.3 is 5.97 Å². The zero-order valence-electron chi connectivity index (χ0n) is 30.2. The summed E-state index contributed by atoms with van der Waals surface area (Å²) in [6.45, 7) is 4.24. The first-order valence-electron chi connectivity index (χ1n) is 18.4. The smallest absolute Gasteiger partial charge is 0.330 e. The van der Waals surface area contributed by atoms with Gasteiger partial charge in [-0.1, -0.05) is 43.2 Å². The Morgan fingerprint density at radius 2 is 1.91 bits per heavy atom. The Hall–Kier alpha value is -5.17. The van der Waals surface area contributed by atoms with E-state index in [-0.39, 0.29) is 30.8 Å². The van der Waals surface area contributed by atoms with Gasteiger partial charge in [0.15, 0.2) is 5.13 Å². The number of carboxylic acids is 1. The summed E-state index contributed by atoms with van der Waals surface area (Å²) >= 11 is 1.49. The molecule has 0 radical (unpaired) electrons. The van der Waals surface area contributed by atoms with Crippen molar-refractivity contribution in [3.63, 3.8) is 0 Å². The molecule has 53 heavy (non-hydrogen) atoms. The number of aliphatic carboxylic acids is 1. The van der Waals surface area contributed by atoms with E-state index in [1.54, 1.807) is 12.0 Å². The van der Waals surface area contributed by atoms with Gasteiger partial charge in [0.25, 0.3) is 0 Å². The number of carbonyl (C=O) groups excluding carboxylic acids is 2. The number of rotatable bonds is 9. The molecule has 7 rings (SSSR count). The number of para-hydroxylation sites is 1. The number of carbonyl (C=O) groups is 3. The van der Waals surface area contributed by atoms with E-state index in [1.165, 1.54) is 11.3 Å². The highest BCUT2D eigenvalue weighted by Crippen LogP contribution is 2.45. The zero-order chi connectivity index (χ0) is 37.1. The highest BCUT2D eigenvalue weighted by atomic mass is 32.1. The lowest BCUT2D eigenvalue weighted by atomic mass is 10.0. The molecule has 0 spiro atoms. The average Bonchev–Trinajstić information content (AvgIpc) is 3.42. The molecule has 0 bridgehead atoms. The van der Waals surface area contributed by atoms with E-state index in [1.807, 2.05) is 72.1 Å². The number of benzene rings is 2. The largest absolute Gasteiger partial charge is 0.497 e. The van der Waals surface area contributed by atoms with E-state index >= 15 is 0 Å². The van der Waals surface area contributed by atoms with Gasteiger partial charge in [0.2, 0.25) is 11.8 Å². The van der Waals surface area contributed by atoms with Gasteiger partial charge in [-0.25, -0.2) is 14.8 Å². The van der Waals surface area contributed by atoms with Crippen molar-refractivity contribution in [1.29, 1.82) is 0 Å². The predicted octanol–water partition coefficient (Wildman–Crippen LogP) is 6.50. The molecule has 13 heteroatoms. The highest BCUT2D eigenvalue weighted by Gasteiger charge is 2.61. The van der Waals surface area contributed by atoms with Crippen molar-refractivity contribution in [2.75, 3.05) is 24.3 Å². The van der Waals surface area contributed by atoms with Crippen molar-refractivity contribution in [3.8, 4) is 22.9 Å². The Kier molecular flexibility index (Phi) is 10.5. The number of amides is 2. The molecule has 4 aromatic rings. The Morgan fingerprint density at radius 1 is 1.08 bits per heavy atom. The molecule has 12 nitrogen and oxygen atoms in total. The normalized spacial score (nSPS) is 25.4. The number of hydrogen-bond acceptors (Lipinski definition) is 10. The minimum Gasteiger partial charge on any atom is -0.497 e. The van der Waals surface area contributed by atoms with E-state index in [0.717, 1.165) is 41.9 Å². The fraction of sp³-hybridized carbons (Fsp3) is 0.425. The number of pyridine rings is 1. The molecular formula is C40H46N6O6S.